The van der Waals surface area contributed by atoms with Gasteiger partial charge in [-0.25, -0.2) is 8.42 Å². The number of halogens is 2. The van der Waals surface area contributed by atoms with Crippen LogP contribution in [0.15, 0.2) is 42.5 Å². The lowest BCUT2D eigenvalue weighted by Gasteiger charge is -2.35. The topological polar surface area (TPSA) is 69.7 Å². The largest absolute Gasteiger partial charge is 0.367 e. The number of piperazine rings is 1. The summed E-state index contributed by atoms with van der Waals surface area (Å²) < 4.78 is 24.8. The van der Waals surface area contributed by atoms with Crippen LogP contribution in [0, 0.1) is 0 Å². The van der Waals surface area contributed by atoms with Gasteiger partial charge < -0.3 is 10.2 Å². The monoisotopic (exact) mass is 427 g/mol. The number of carbonyl (C=O) groups excluding carboxylic acids is 1. The second kappa shape index (κ2) is 8.06. The van der Waals surface area contributed by atoms with Crippen LogP contribution in [0.4, 0.5) is 11.4 Å². The Morgan fingerprint density at radius 1 is 1.04 bits per heavy atom. The maximum Gasteiger partial charge on any atom is 0.257 e. The van der Waals surface area contributed by atoms with Crippen molar-refractivity contribution in [2.75, 3.05) is 42.7 Å². The lowest BCUT2D eigenvalue weighted by atomic mass is 10.2. The molecule has 0 bridgehead atoms. The summed E-state index contributed by atoms with van der Waals surface area (Å²) in [5.41, 5.74) is 1.75. The fourth-order valence-corrected chi connectivity index (χ4v) is 4.18. The van der Waals surface area contributed by atoms with E-state index in [1.54, 1.807) is 18.2 Å². The highest BCUT2D eigenvalue weighted by molar-refractivity contribution is 7.88. The second-order valence-corrected chi connectivity index (χ2v) is 9.07. The molecule has 0 aliphatic carbocycles. The summed E-state index contributed by atoms with van der Waals surface area (Å²) in [5.74, 6) is -0.357. The highest BCUT2D eigenvalue weighted by Crippen LogP contribution is 2.29. The zero-order valence-corrected chi connectivity index (χ0v) is 17.0. The van der Waals surface area contributed by atoms with E-state index in [0.29, 0.717) is 47.5 Å². The van der Waals surface area contributed by atoms with Crippen LogP contribution in [-0.4, -0.2) is 51.1 Å². The normalized spacial score (nSPS) is 15.6. The van der Waals surface area contributed by atoms with Crippen LogP contribution in [0.25, 0.3) is 0 Å². The van der Waals surface area contributed by atoms with E-state index in [4.69, 9.17) is 23.2 Å². The molecule has 0 unspecified atom stereocenters. The zero-order valence-electron chi connectivity index (χ0n) is 14.7. The number of para-hydroxylation sites is 2. The van der Waals surface area contributed by atoms with Crippen molar-refractivity contribution in [3.63, 3.8) is 0 Å². The Morgan fingerprint density at radius 2 is 1.70 bits per heavy atom. The number of nitrogens with zero attached hydrogens (tertiary/aromatic N) is 2. The van der Waals surface area contributed by atoms with Gasteiger partial charge in [-0.1, -0.05) is 35.3 Å². The Morgan fingerprint density at radius 3 is 2.37 bits per heavy atom. The van der Waals surface area contributed by atoms with Crippen LogP contribution in [0.1, 0.15) is 10.4 Å². The van der Waals surface area contributed by atoms with Gasteiger partial charge in [-0.15, -0.1) is 0 Å². The second-order valence-electron chi connectivity index (χ2n) is 6.24. The van der Waals surface area contributed by atoms with E-state index in [1.807, 2.05) is 18.2 Å². The molecule has 144 valence electrons. The molecule has 6 nitrogen and oxygen atoms in total. The third-order valence-electron chi connectivity index (χ3n) is 4.37. The Labute approximate surface area is 168 Å². The predicted octanol–water partition coefficient (Wildman–Crippen LogP) is 3.33. The fourth-order valence-electron chi connectivity index (χ4n) is 2.98. The molecule has 0 atom stereocenters. The molecule has 0 aromatic heterocycles. The third-order valence-corrected chi connectivity index (χ3v) is 6.24. The minimum absolute atomic E-state index is 0.292. The van der Waals surface area contributed by atoms with Gasteiger partial charge in [0.05, 0.1) is 28.2 Å². The van der Waals surface area contributed by atoms with E-state index in [2.05, 4.69) is 10.2 Å². The third kappa shape index (κ3) is 4.73. The SMILES string of the molecule is CS(=O)(=O)N1CCN(c2ccccc2NC(=O)c2cc(Cl)ccc2Cl)CC1. The predicted molar refractivity (Wildman–Crippen MR) is 109 cm³/mol. The first kappa shape index (κ1) is 19.9. The van der Waals surface area contributed by atoms with Gasteiger partial charge in [-0.2, -0.15) is 4.31 Å². The molecule has 1 aliphatic rings. The van der Waals surface area contributed by atoms with Crippen LogP contribution in [0.3, 0.4) is 0 Å². The first-order valence-corrected chi connectivity index (χ1v) is 10.9. The Hall–Kier alpha value is -1.80. The van der Waals surface area contributed by atoms with Crippen LogP contribution in [0.2, 0.25) is 10.0 Å². The van der Waals surface area contributed by atoms with Gasteiger partial charge in [0.1, 0.15) is 0 Å². The molecule has 0 spiro atoms. The quantitative estimate of drug-likeness (QED) is 0.811. The smallest absolute Gasteiger partial charge is 0.257 e. The molecule has 1 aliphatic heterocycles. The number of hydrogen-bond acceptors (Lipinski definition) is 4. The lowest BCUT2D eigenvalue weighted by Crippen LogP contribution is -2.48. The number of benzene rings is 2. The maximum absolute atomic E-state index is 12.6. The first-order chi connectivity index (χ1) is 12.8. The van der Waals surface area contributed by atoms with Gasteiger partial charge in [0.25, 0.3) is 5.91 Å². The van der Waals surface area contributed by atoms with Crippen LogP contribution < -0.4 is 10.2 Å². The molecule has 27 heavy (non-hydrogen) atoms. The minimum atomic E-state index is -3.20. The maximum atomic E-state index is 12.6. The van der Waals surface area contributed by atoms with Gasteiger partial charge in [-0.05, 0) is 30.3 Å². The van der Waals surface area contributed by atoms with Gasteiger partial charge >= 0.3 is 0 Å². The minimum Gasteiger partial charge on any atom is -0.367 e. The van der Waals surface area contributed by atoms with E-state index in [0.717, 1.165) is 5.69 Å². The van der Waals surface area contributed by atoms with Crippen LogP contribution in [0.5, 0.6) is 0 Å². The molecule has 1 saturated heterocycles. The molecule has 1 heterocycles. The summed E-state index contributed by atoms with van der Waals surface area (Å²) in [4.78, 5) is 14.7. The summed E-state index contributed by atoms with van der Waals surface area (Å²) >= 11 is 12.1. The van der Waals surface area contributed by atoms with Crippen molar-refractivity contribution in [1.29, 1.82) is 0 Å². The Kier molecular flexibility index (Phi) is 5.95. The van der Waals surface area contributed by atoms with Crippen molar-refractivity contribution in [3.8, 4) is 0 Å². The van der Waals surface area contributed by atoms with E-state index in [-0.39, 0.29) is 5.91 Å². The van der Waals surface area contributed by atoms with E-state index in [1.165, 1.54) is 16.6 Å². The standard InChI is InChI=1S/C18H19Cl2N3O3S/c1-27(25,26)23-10-8-22(9-11-23)17-5-3-2-4-16(17)21-18(24)14-12-13(19)6-7-15(14)20/h2-7,12H,8-11H2,1H3,(H,21,24). The van der Waals surface area contributed by atoms with Crippen LogP contribution in [-0.2, 0) is 10.0 Å². The average molecular weight is 428 g/mol. The number of sulfonamides is 1. The molecule has 1 fully saturated rings. The molecule has 9 heteroatoms. The van der Waals surface area contributed by atoms with Gasteiger partial charge in [0.15, 0.2) is 0 Å². The molecular weight excluding hydrogens is 409 g/mol. The number of hydrogen-bond donors (Lipinski definition) is 1. The van der Waals surface area contributed by atoms with Gasteiger partial charge in [0, 0.05) is 31.2 Å². The van der Waals surface area contributed by atoms with Crippen LogP contribution >= 0.6 is 23.2 Å². The molecule has 0 radical (unpaired) electrons. The number of anilines is 2. The number of carbonyl (C=O) groups is 1. The molecule has 2 aromatic rings. The summed E-state index contributed by atoms with van der Waals surface area (Å²) in [6.07, 6.45) is 1.21. The van der Waals surface area contributed by atoms with Gasteiger partial charge in [0.2, 0.25) is 10.0 Å². The Balaban J connectivity index is 1.79. The molecule has 0 saturated carbocycles. The lowest BCUT2D eigenvalue weighted by molar-refractivity contribution is 0.102. The number of rotatable bonds is 4. The summed E-state index contributed by atoms with van der Waals surface area (Å²) in [6, 6.07) is 12.1. The van der Waals surface area contributed by atoms with Gasteiger partial charge in [-0.3, -0.25) is 4.79 Å². The number of nitrogens with one attached hydrogen (secondary N) is 1. The molecule has 1 N–H and O–H groups in total. The highest BCUT2D eigenvalue weighted by Gasteiger charge is 2.25. The molecular formula is C18H19Cl2N3O3S. The van der Waals surface area contributed by atoms with Crippen molar-refractivity contribution in [2.45, 2.75) is 0 Å². The highest BCUT2D eigenvalue weighted by atomic mass is 35.5. The molecule has 3 rings (SSSR count). The zero-order chi connectivity index (χ0) is 19.6. The molecule has 2 aromatic carbocycles. The Bertz CT molecular complexity index is 958. The van der Waals surface area contributed by atoms with Crippen molar-refractivity contribution in [3.05, 3.63) is 58.1 Å². The van der Waals surface area contributed by atoms with Crippen molar-refractivity contribution < 1.29 is 13.2 Å². The first-order valence-electron chi connectivity index (χ1n) is 8.31. The van der Waals surface area contributed by atoms with Crippen molar-refractivity contribution in [2.24, 2.45) is 0 Å². The average Bonchev–Trinajstić information content (AvgIpc) is 2.63. The summed E-state index contributed by atoms with van der Waals surface area (Å²) in [7, 11) is -3.20. The fraction of sp³-hybridized carbons (Fsp3) is 0.278. The van der Waals surface area contributed by atoms with E-state index >= 15 is 0 Å². The number of amides is 1. The van der Waals surface area contributed by atoms with Crippen molar-refractivity contribution >= 4 is 50.5 Å². The summed E-state index contributed by atoms with van der Waals surface area (Å²) in [6.45, 7) is 1.89. The summed E-state index contributed by atoms with van der Waals surface area (Å²) in [5, 5.41) is 3.62. The van der Waals surface area contributed by atoms with E-state index in [9.17, 15) is 13.2 Å². The van der Waals surface area contributed by atoms with Crippen molar-refractivity contribution in [1.82, 2.24) is 4.31 Å². The van der Waals surface area contributed by atoms with E-state index < -0.39 is 10.0 Å². The molecule has 1 amide bonds.